The fourth-order valence-corrected chi connectivity index (χ4v) is 2.97. The van der Waals surface area contributed by atoms with Crippen LogP contribution in [0.1, 0.15) is 18.4 Å². The predicted octanol–water partition coefficient (Wildman–Crippen LogP) is 4.35. The average molecular weight is 407 g/mol. The number of nitrogens with zero attached hydrogens (tertiary/aromatic N) is 1. The molecule has 0 saturated carbocycles. The molecule has 9 heteroatoms. The summed E-state index contributed by atoms with van der Waals surface area (Å²) in [4.78, 5) is 26.1. The lowest BCUT2D eigenvalue weighted by molar-refractivity contribution is -0.139. The van der Waals surface area contributed by atoms with Crippen LogP contribution in [0.3, 0.4) is 0 Å². The molecule has 0 bridgehead atoms. The topological polar surface area (TPSA) is 70.7 Å². The number of likely N-dealkylation sites (tertiary alicyclic amines) is 1. The van der Waals surface area contributed by atoms with Crippen LogP contribution in [0.2, 0.25) is 0 Å². The van der Waals surface area contributed by atoms with Gasteiger partial charge in [0.1, 0.15) is 5.75 Å². The lowest BCUT2D eigenvalue weighted by Gasteiger charge is -2.18. The Balaban J connectivity index is 1.62. The number of benzene rings is 2. The van der Waals surface area contributed by atoms with E-state index in [1.165, 1.54) is 12.1 Å². The van der Waals surface area contributed by atoms with Gasteiger partial charge >= 0.3 is 12.2 Å². The molecule has 1 aliphatic heterocycles. The highest BCUT2D eigenvalue weighted by Gasteiger charge is 2.34. The summed E-state index contributed by atoms with van der Waals surface area (Å²) >= 11 is 0. The van der Waals surface area contributed by atoms with Crippen molar-refractivity contribution in [1.82, 2.24) is 4.90 Å². The van der Waals surface area contributed by atoms with Gasteiger partial charge in [-0.25, -0.2) is 4.79 Å². The smallest absolute Gasteiger partial charge is 0.419 e. The van der Waals surface area contributed by atoms with E-state index in [2.05, 4.69) is 10.6 Å². The molecule has 29 heavy (non-hydrogen) atoms. The molecule has 3 amide bonds. The van der Waals surface area contributed by atoms with Crippen LogP contribution < -0.4 is 15.4 Å². The van der Waals surface area contributed by atoms with E-state index in [9.17, 15) is 22.8 Å². The first kappa shape index (κ1) is 20.5. The van der Waals surface area contributed by atoms with Crippen LogP contribution in [-0.2, 0) is 11.0 Å². The molecule has 0 aromatic heterocycles. The lowest BCUT2D eigenvalue weighted by atomic mass is 10.2. The third kappa shape index (κ3) is 5.40. The number of urea groups is 1. The van der Waals surface area contributed by atoms with Crippen LogP contribution in [0.4, 0.5) is 29.3 Å². The van der Waals surface area contributed by atoms with Crippen LogP contribution >= 0.6 is 0 Å². The van der Waals surface area contributed by atoms with Crippen LogP contribution in [0.5, 0.6) is 5.75 Å². The van der Waals surface area contributed by atoms with E-state index in [1.54, 1.807) is 29.2 Å². The Kier molecular flexibility index (Phi) is 6.26. The molecule has 0 aliphatic carbocycles. The van der Waals surface area contributed by atoms with Gasteiger partial charge in [-0.1, -0.05) is 24.3 Å². The van der Waals surface area contributed by atoms with Crippen molar-refractivity contribution < 1.29 is 27.5 Å². The van der Waals surface area contributed by atoms with Crippen molar-refractivity contribution in [2.45, 2.75) is 19.0 Å². The molecule has 1 saturated heterocycles. The van der Waals surface area contributed by atoms with Gasteiger partial charge in [-0.15, -0.1) is 0 Å². The van der Waals surface area contributed by atoms with Gasteiger partial charge in [0, 0.05) is 13.1 Å². The first-order valence-electron chi connectivity index (χ1n) is 9.08. The third-order valence-corrected chi connectivity index (χ3v) is 4.39. The Morgan fingerprint density at radius 1 is 0.931 bits per heavy atom. The largest absolute Gasteiger partial charge is 0.483 e. The molecule has 0 spiro atoms. The number of nitrogens with one attached hydrogen (secondary N) is 2. The number of hydrogen-bond acceptors (Lipinski definition) is 3. The number of carbonyl (C=O) groups is 2. The summed E-state index contributed by atoms with van der Waals surface area (Å²) < 4.78 is 44.1. The highest BCUT2D eigenvalue weighted by molar-refractivity contribution is 5.99. The monoisotopic (exact) mass is 407 g/mol. The zero-order chi connectivity index (χ0) is 20.9. The number of carbonyl (C=O) groups excluding carboxylic acids is 2. The summed E-state index contributed by atoms with van der Waals surface area (Å²) in [5.41, 5.74) is -0.225. The van der Waals surface area contributed by atoms with Gasteiger partial charge in [-0.3, -0.25) is 4.79 Å². The Morgan fingerprint density at radius 3 is 2.17 bits per heavy atom. The van der Waals surface area contributed by atoms with Gasteiger partial charge in [-0.2, -0.15) is 13.2 Å². The Hall–Kier alpha value is -3.23. The second kappa shape index (κ2) is 8.85. The number of ether oxygens (including phenoxy) is 1. The minimum atomic E-state index is -4.58. The van der Waals surface area contributed by atoms with Crippen LogP contribution in [0.15, 0.2) is 48.5 Å². The van der Waals surface area contributed by atoms with Crippen molar-refractivity contribution in [3.63, 3.8) is 0 Å². The van der Waals surface area contributed by atoms with Crippen LogP contribution in [0.25, 0.3) is 0 Å². The predicted molar refractivity (Wildman–Crippen MR) is 102 cm³/mol. The van der Waals surface area contributed by atoms with Gasteiger partial charge in [0.2, 0.25) is 0 Å². The summed E-state index contributed by atoms with van der Waals surface area (Å²) in [6, 6.07) is 11.0. The maximum Gasteiger partial charge on any atom is 0.419 e. The van der Waals surface area contributed by atoms with Crippen LogP contribution in [0, 0.1) is 0 Å². The molecular weight excluding hydrogens is 387 g/mol. The van der Waals surface area contributed by atoms with Crippen molar-refractivity contribution in [3.8, 4) is 5.75 Å². The van der Waals surface area contributed by atoms with Crippen molar-refractivity contribution in [1.29, 1.82) is 0 Å². The summed E-state index contributed by atoms with van der Waals surface area (Å²) in [6.45, 7) is 0.737. The van der Waals surface area contributed by atoms with E-state index < -0.39 is 30.0 Å². The van der Waals surface area contributed by atoms with E-state index in [0.29, 0.717) is 24.5 Å². The highest BCUT2D eigenvalue weighted by atomic mass is 19.4. The molecular formula is C20H20F3N3O3. The van der Waals surface area contributed by atoms with Crippen molar-refractivity contribution >= 4 is 23.3 Å². The number of rotatable bonds is 5. The lowest BCUT2D eigenvalue weighted by Crippen LogP contribution is -2.32. The number of hydrogen-bond donors (Lipinski definition) is 2. The molecule has 2 aromatic carbocycles. The van der Waals surface area contributed by atoms with Gasteiger partial charge in [-0.05, 0) is 37.1 Å². The minimum Gasteiger partial charge on any atom is -0.483 e. The number of para-hydroxylation sites is 3. The molecule has 3 rings (SSSR count). The zero-order valence-electron chi connectivity index (χ0n) is 15.5. The molecule has 1 fully saturated rings. The molecule has 0 unspecified atom stereocenters. The van der Waals surface area contributed by atoms with E-state index in [1.807, 2.05) is 0 Å². The van der Waals surface area contributed by atoms with Gasteiger partial charge in [0.25, 0.3) is 5.91 Å². The molecule has 2 aromatic rings. The molecule has 1 aliphatic rings. The molecule has 154 valence electrons. The third-order valence-electron chi connectivity index (χ3n) is 4.39. The summed E-state index contributed by atoms with van der Waals surface area (Å²) in [5.74, 6) is -1.07. The Labute approximate surface area is 165 Å². The van der Waals surface area contributed by atoms with E-state index in [-0.39, 0.29) is 6.03 Å². The highest BCUT2D eigenvalue weighted by Crippen LogP contribution is 2.35. The van der Waals surface area contributed by atoms with Crippen molar-refractivity contribution in [3.05, 3.63) is 54.1 Å². The summed E-state index contributed by atoms with van der Waals surface area (Å²) in [7, 11) is 0. The number of halogens is 3. The molecule has 6 nitrogen and oxygen atoms in total. The van der Waals surface area contributed by atoms with Crippen molar-refractivity contribution in [2.24, 2.45) is 0 Å². The number of amides is 3. The molecule has 1 heterocycles. The Bertz CT molecular complexity index is 881. The Morgan fingerprint density at radius 2 is 1.52 bits per heavy atom. The molecule has 2 N–H and O–H groups in total. The molecule has 0 radical (unpaired) electrons. The zero-order valence-corrected chi connectivity index (χ0v) is 15.5. The minimum absolute atomic E-state index is 0.264. The van der Waals surface area contributed by atoms with Gasteiger partial charge in [0.05, 0.1) is 16.9 Å². The van der Waals surface area contributed by atoms with Gasteiger partial charge in [0.15, 0.2) is 6.61 Å². The second-order valence-corrected chi connectivity index (χ2v) is 6.50. The number of anilines is 2. The average Bonchev–Trinajstić information content (AvgIpc) is 3.22. The van der Waals surface area contributed by atoms with Crippen molar-refractivity contribution in [2.75, 3.05) is 30.3 Å². The van der Waals surface area contributed by atoms with Crippen LogP contribution in [-0.4, -0.2) is 36.5 Å². The summed E-state index contributed by atoms with van der Waals surface area (Å²) in [5, 5.41) is 5.30. The second-order valence-electron chi connectivity index (χ2n) is 6.50. The summed E-state index contributed by atoms with van der Waals surface area (Å²) in [6.07, 6.45) is -2.69. The van der Waals surface area contributed by atoms with Gasteiger partial charge < -0.3 is 20.3 Å². The number of alkyl halides is 3. The standard InChI is InChI=1S/C20H20F3N3O3/c21-20(22,23)14-7-1-4-10-17(14)29-13-18(27)24-15-8-2-3-9-16(15)25-19(28)26-11-5-6-12-26/h1-4,7-10H,5-6,11-13H2,(H,24,27)(H,25,28). The quantitative estimate of drug-likeness (QED) is 0.774. The molecule has 0 atom stereocenters. The fourth-order valence-electron chi connectivity index (χ4n) is 2.97. The van der Waals surface area contributed by atoms with E-state index in [0.717, 1.165) is 25.0 Å². The first-order valence-corrected chi connectivity index (χ1v) is 9.08. The normalized spacial score (nSPS) is 13.8. The van der Waals surface area contributed by atoms with E-state index >= 15 is 0 Å². The maximum atomic E-state index is 13.0. The maximum absolute atomic E-state index is 13.0. The SMILES string of the molecule is O=C(COc1ccccc1C(F)(F)F)Nc1ccccc1NC(=O)N1CCCC1. The van der Waals surface area contributed by atoms with E-state index in [4.69, 9.17) is 4.74 Å². The first-order chi connectivity index (χ1) is 13.8. The fraction of sp³-hybridized carbons (Fsp3) is 0.300.